The lowest BCUT2D eigenvalue weighted by Gasteiger charge is -2.60. The number of rotatable bonds is 18. The summed E-state index contributed by atoms with van der Waals surface area (Å²) >= 11 is 1.03. The molecule has 3 amide bonds. The number of carbonyl (C=O) groups is 3. The largest absolute Gasteiger partial charge is 0.481 e. The fraction of sp³-hybridized carbons (Fsp3) is 0.467. The van der Waals surface area contributed by atoms with Crippen molar-refractivity contribution in [3.8, 4) is 33.8 Å². The van der Waals surface area contributed by atoms with Crippen molar-refractivity contribution in [2.75, 3.05) is 0 Å². The maximum Gasteiger partial charge on any atom is 0.481 e. The molecule has 3 aromatic carbocycles. The number of amides is 3. The van der Waals surface area contributed by atoms with Crippen LogP contribution < -0.4 is 48.2 Å². The highest BCUT2D eigenvalue weighted by atomic mass is 32.1. The van der Waals surface area contributed by atoms with Crippen LogP contribution in [0, 0.1) is 88.2 Å². The molecule has 0 N–H and O–H groups in total. The Morgan fingerprint density at radius 1 is 0.343 bits per heavy atom. The standard InChI is InChI=1S/C90H96F15N12O16PS3/c1-40-46(58-67(121)109(22)76(124)112(25)70(58)128-40)34-55(118)106-73-115(52(37-135-73)43-28-31-49(85(97,98)99)64(94)61(43)91)88(79(4,5)6,80(7,8)9)131-134(127,132-89(81(10,11)12,82(13,14)15)116-53(44-29-32-50(86(100,101)102)65(95)62(44)92)38-136-74(116)107-56(119)35-47-41(2)129-71-59(47)68(122)110(23)77(125)113(71)26)133-90(83(16,17)18,84(19,20)21)117-54(45-30-33-51(87(103,104)105)66(96)63(45)93)39-137-75(117)108-57(120)36-48-42(3)130-72-60(48)69(123)111(24)78(126)114(72)27/h28-33,37-39H,34-36H2,1-27H3. The van der Waals surface area contributed by atoms with Gasteiger partial charge in [-0.2, -0.15) is 54.5 Å². The fourth-order valence-corrected chi connectivity index (χ4v) is 24.5. The van der Waals surface area contributed by atoms with Gasteiger partial charge in [-0.15, -0.1) is 34.0 Å². The van der Waals surface area contributed by atoms with E-state index in [1.54, 1.807) is 0 Å². The molecule has 12 aromatic rings. The Labute approximate surface area is 780 Å². The van der Waals surface area contributed by atoms with Gasteiger partial charge >= 0.3 is 43.4 Å². The van der Waals surface area contributed by atoms with Gasteiger partial charge < -0.3 is 13.3 Å². The Morgan fingerprint density at radius 2 is 0.547 bits per heavy atom. The first kappa shape index (κ1) is 105. The third-order valence-corrected chi connectivity index (χ3v) is 28.2. The topological polar surface area (TPSA) is 319 Å². The second-order valence-electron chi connectivity index (χ2n) is 39.3. The SMILES string of the molecule is Cc1oc2c(c1CC(=O)N=c1scc(-c3ccc(C(F)(F)F)c(F)c3F)n1C(OP(=O)(OC(n1c(-c3ccc(C(F)(F)F)c(F)c3F)csc1=NC(=O)Cc1c(C)oc3c1c(=O)n(C)c(=O)n3C)(C(C)(C)C)C(C)(C)C)OC(n1c(-c3ccc(C(F)(F)F)c(F)c3F)csc1=NC(=O)Cc1c(C)oc3c1c(=O)n(C)c(=O)n3C)(C(C)(C)C)C(C)(C)C)(C(C)(C)C)C(C)(C)C)c(=O)n(C)c(=O)n2C. The van der Waals surface area contributed by atoms with Crippen LogP contribution in [0.2, 0.25) is 0 Å². The molecule has 0 fully saturated rings. The van der Waals surface area contributed by atoms with Crippen LogP contribution in [-0.2, 0) is 130 Å². The Kier molecular flexibility index (Phi) is 26.4. The van der Waals surface area contributed by atoms with Crippen LogP contribution in [0.3, 0.4) is 0 Å². The molecule has 0 saturated heterocycles. The van der Waals surface area contributed by atoms with E-state index in [-0.39, 0.29) is 85.5 Å². The predicted molar refractivity (Wildman–Crippen MR) is 477 cm³/mol. The molecular weight excluding hydrogens is 1920 g/mol. The van der Waals surface area contributed by atoms with E-state index in [2.05, 4.69) is 15.0 Å². The summed E-state index contributed by atoms with van der Waals surface area (Å²) < 4.78 is 309. The zero-order valence-electron chi connectivity index (χ0n) is 79.1. The van der Waals surface area contributed by atoms with Gasteiger partial charge in [-0.25, -0.2) is 45.3 Å². The van der Waals surface area contributed by atoms with Crippen LogP contribution in [0.25, 0.3) is 67.1 Å². The van der Waals surface area contributed by atoms with Crippen LogP contribution in [0.1, 0.15) is 175 Å². The second kappa shape index (κ2) is 34.6. The van der Waals surface area contributed by atoms with Crippen LogP contribution in [-0.4, -0.2) is 58.8 Å². The summed E-state index contributed by atoms with van der Waals surface area (Å²) in [6.07, 6.45) is -19.8. The molecule has 0 bridgehead atoms. The van der Waals surface area contributed by atoms with E-state index in [0.717, 1.165) is 64.7 Å². The second-order valence-corrected chi connectivity index (χ2v) is 43.3. The minimum absolute atomic E-state index is 0.142. The van der Waals surface area contributed by atoms with E-state index in [0.29, 0.717) is 65.9 Å². The number of hydrogen-bond acceptors (Lipinski definition) is 19. The Balaban J connectivity index is 1.31. The van der Waals surface area contributed by atoms with E-state index in [1.165, 1.54) is 167 Å². The first-order valence-corrected chi connectivity index (χ1v) is 45.8. The number of thiazole rings is 3. The van der Waals surface area contributed by atoms with Crippen molar-refractivity contribution in [3.05, 3.63) is 215 Å². The smallest absolute Gasteiger partial charge is 0.444 e. The van der Waals surface area contributed by atoms with Crippen molar-refractivity contribution in [1.29, 1.82) is 0 Å². The van der Waals surface area contributed by atoms with E-state index >= 15 is 84.8 Å². The highest BCUT2D eigenvalue weighted by molar-refractivity contribution is 7.48. The van der Waals surface area contributed by atoms with Crippen molar-refractivity contribution < 1.29 is 112 Å². The van der Waals surface area contributed by atoms with E-state index < -0.39 is 247 Å². The molecule has 0 aliphatic carbocycles. The van der Waals surface area contributed by atoms with E-state index in [9.17, 15) is 28.8 Å². The van der Waals surface area contributed by atoms with Crippen LogP contribution in [0.15, 0.2) is 110 Å². The Morgan fingerprint density at radius 3 is 0.737 bits per heavy atom. The van der Waals surface area contributed by atoms with Crippen molar-refractivity contribution in [2.45, 2.75) is 200 Å². The summed E-state index contributed by atoms with van der Waals surface area (Å²) in [6.45, 7) is 27.7. The third-order valence-electron chi connectivity index (χ3n) is 24.3. The fourth-order valence-electron chi connectivity index (χ4n) is 18.7. The number of carbonyl (C=O) groups excluding carboxylic acids is 3. The van der Waals surface area contributed by atoms with Gasteiger partial charge in [0.2, 0.25) is 17.1 Å². The molecular formula is C90H96F15N12O16PS3. The monoisotopic (exact) mass is 2010 g/mol. The number of alkyl halides is 9. The zero-order chi connectivity index (χ0) is 103. The van der Waals surface area contributed by atoms with Crippen molar-refractivity contribution >= 4 is 92.9 Å². The van der Waals surface area contributed by atoms with E-state index in [4.69, 9.17) is 26.8 Å². The quantitative estimate of drug-likeness (QED) is 0.0569. The number of aromatic nitrogens is 9. The molecule has 9 aromatic heterocycles. The average Bonchev–Trinajstić information content (AvgIpc) is 1.67. The van der Waals surface area contributed by atoms with Crippen molar-refractivity contribution in [2.24, 2.45) is 89.8 Å². The molecule has 740 valence electrons. The Bertz CT molecular complexity index is 7000. The number of hydrogen-bond donors (Lipinski definition) is 0. The molecule has 47 heteroatoms. The maximum atomic E-state index is 20.1. The molecule has 0 radical (unpaired) electrons. The van der Waals surface area contributed by atoms with Crippen LogP contribution >= 0.6 is 41.8 Å². The summed E-state index contributed by atoms with van der Waals surface area (Å²) in [6, 6.07) is 1.83. The maximum absolute atomic E-state index is 20.1. The van der Waals surface area contributed by atoms with Gasteiger partial charge in [0.05, 0.1) is 53.0 Å². The molecule has 28 nitrogen and oxygen atoms in total. The zero-order valence-corrected chi connectivity index (χ0v) is 82.4. The van der Waals surface area contributed by atoms with Crippen LogP contribution in [0.4, 0.5) is 65.9 Å². The lowest BCUT2D eigenvalue weighted by Crippen LogP contribution is -2.63. The lowest BCUT2D eigenvalue weighted by molar-refractivity contribution is -0.261. The average molecular weight is 2010 g/mol. The van der Waals surface area contributed by atoms with Gasteiger partial charge in [-0.05, 0) is 57.2 Å². The predicted octanol–water partition coefficient (Wildman–Crippen LogP) is 18.3. The third kappa shape index (κ3) is 17.2. The van der Waals surface area contributed by atoms with Crippen LogP contribution in [0.5, 0.6) is 0 Å². The molecule has 137 heavy (non-hydrogen) atoms. The Hall–Kier alpha value is -11.3. The number of fused-ring (bicyclic) bond motifs is 3. The van der Waals surface area contributed by atoms with Crippen molar-refractivity contribution in [3.63, 3.8) is 0 Å². The summed E-state index contributed by atoms with van der Waals surface area (Å²) in [7, 11) is -0.0778. The number of furan rings is 3. The summed E-state index contributed by atoms with van der Waals surface area (Å²) in [4.78, 5) is 141. The normalized spacial score (nSPS) is 14.4. The minimum atomic E-state index is -7.15. The van der Waals surface area contributed by atoms with E-state index in [1.807, 2.05) is 0 Å². The highest BCUT2D eigenvalue weighted by Crippen LogP contribution is 2.73. The first-order valence-electron chi connectivity index (χ1n) is 41.7. The van der Waals surface area contributed by atoms with Gasteiger partial charge in [0.15, 0.2) is 66.5 Å². The van der Waals surface area contributed by atoms with Crippen molar-refractivity contribution in [1.82, 2.24) is 41.1 Å². The minimum Gasteiger partial charge on any atom is -0.444 e. The van der Waals surface area contributed by atoms with Gasteiger partial charge in [-0.3, -0.25) is 83.4 Å². The number of halogens is 15. The summed E-state index contributed by atoms with van der Waals surface area (Å²) in [5.74, 6) is -18.8. The molecule has 0 unspecified atom stereocenters. The van der Waals surface area contributed by atoms with Gasteiger partial charge in [0, 0.05) is 124 Å². The molecule has 9 heterocycles. The molecule has 0 atom stereocenters. The summed E-state index contributed by atoms with van der Waals surface area (Å²) in [5, 5.41) is 1.83. The van der Waals surface area contributed by atoms with Gasteiger partial charge in [-0.1, -0.05) is 125 Å². The van der Waals surface area contributed by atoms with Gasteiger partial charge in [0.25, 0.3) is 34.4 Å². The summed E-state index contributed by atoms with van der Waals surface area (Å²) in [5.41, 5.74) is -42.4. The molecule has 0 aliphatic rings. The number of phosphoric ester groups is 1. The number of phosphoric acid groups is 1. The molecule has 0 saturated carbocycles. The molecule has 0 spiro atoms. The van der Waals surface area contributed by atoms with Gasteiger partial charge in [0.1, 0.15) is 33.4 Å². The lowest BCUT2D eigenvalue weighted by atomic mass is 9.68. The highest BCUT2D eigenvalue weighted by Gasteiger charge is 2.69. The number of aryl methyl sites for hydroxylation is 6. The number of benzene rings is 3. The first-order chi connectivity index (χ1) is 62.5. The molecule has 12 rings (SSSR count). The molecule has 0 aliphatic heterocycles. The number of nitrogens with zero attached hydrogens (tertiary/aromatic N) is 12.